The third-order valence-electron chi connectivity index (χ3n) is 3.21. The second-order valence-electron chi connectivity index (χ2n) is 4.60. The van der Waals surface area contributed by atoms with Gasteiger partial charge in [-0.2, -0.15) is 0 Å². The molecule has 0 bridgehead atoms. The van der Waals surface area contributed by atoms with Crippen molar-refractivity contribution in [1.29, 1.82) is 0 Å². The first-order valence-electron chi connectivity index (χ1n) is 5.71. The van der Waals surface area contributed by atoms with Gasteiger partial charge in [0.25, 0.3) is 11.6 Å². The molecule has 1 amide bonds. The van der Waals surface area contributed by atoms with E-state index in [0.29, 0.717) is 18.4 Å². The van der Waals surface area contributed by atoms with Crippen LogP contribution in [0.4, 0.5) is 5.69 Å². The summed E-state index contributed by atoms with van der Waals surface area (Å²) in [6.07, 6.45) is 1.13. The van der Waals surface area contributed by atoms with Crippen LogP contribution in [0, 0.1) is 22.0 Å². The molecular weight excluding hydrogens is 256 g/mol. The smallest absolute Gasteiger partial charge is 0.270 e. The van der Waals surface area contributed by atoms with Crippen molar-refractivity contribution in [3.05, 3.63) is 38.9 Å². The molecule has 0 aliphatic heterocycles. The van der Waals surface area contributed by atoms with Crippen molar-refractivity contribution in [2.24, 2.45) is 11.8 Å². The number of non-ortho nitro benzene ring substituents is 1. The number of halogens is 1. The van der Waals surface area contributed by atoms with Crippen molar-refractivity contribution in [3.63, 3.8) is 0 Å². The lowest BCUT2D eigenvalue weighted by Crippen LogP contribution is -2.26. The third kappa shape index (κ3) is 2.79. The van der Waals surface area contributed by atoms with Crippen molar-refractivity contribution in [3.8, 4) is 0 Å². The molecule has 2 atom stereocenters. The fraction of sp³-hybridized carbons (Fsp3) is 0.417. The van der Waals surface area contributed by atoms with Gasteiger partial charge in [-0.1, -0.05) is 18.5 Å². The van der Waals surface area contributed by atoms with E-state index in [1.165, 1.54) is 18.2 Å². The Hall–Kier alpha value is -1.62. The molecule has 5 nitrogen and oxygen atoms in total. The number of benzene rings is 1. The maximum absolute atomic E-state index is 11.8. The fourth-order valence-electron chi connectivity index (χ4n) is 1.80. The summed E-state index contributed by atoms with van der Waals surface area (Å²) in [6.45, 7) is 2.77. The van der Waals surface area contributed by atoms with E-state index in [2.05, 4.69) is 12.2 Å². The van der Waals surface area contributed by atoms with Gasteiger partial charge < -0.3 is 5.32 Å². The molecule has 2 rings (SSSR count). The quantitative estimate of drug-likeness (QED) is 0.674. The summed E-state index contributed by atoms with van der Waals surface area (Å²) in [5, 5.41) is 13.4. The van der Waals surface area contributed by atoms with Gasteiger partial charge in [-0.15, -0.1) is 0 Å². The molecule has 0 heterocycles. The van der Waals surface area contributed by atoms with Gasteiger partial charge in [0.2, 0.25) is 0 Å². The standard InChI is InChI=1S/C12H13ClN2O3/c1-7-4-8(7)6-14-12(16)10-3-2-9(15(17)18)5-11(10)13/h2-3,5,7-8H,4,6H2,1H3,(H,14,16). The van der Waals surface area contributed by atoms with Crippen LogP contribution in [-0.4, -0.2) is 17.4 Å². The van der Waals surface area contributed by atoms with Crippen molar-refractivity contribution < 1.29 is 9.72 Å². The van der Waals surface area contributed by atoms with Crippen molar-refractivity contribution in [2.75, 3.05) is 6.54 Å². The van der Waals surface area contributed by atoms with Crippen LogP contribution in [0.25, 0.3) is 0 Å². The first-order chi connectivity index (χ1) is 8.49. The highest BCUT2D eigenvalue weighted by molar-refractivity contribution is 6.34. The molecule has 1 aliphatic carbocycles. The number of nitro benzene ring substituents is 1. The Morgan fingerprint density at radius 2 is 2.28 bits per heavy atom. The highest BCUT2D eigenvalue weighted by Crippen LogP contribution is 2.36. The molecular formula is C12H13ClN2O3. The summed E-state index contributed by atoms with van der Waals surface area (Å²) < 4.78 is 0. The van der Waals surface area contributed by atoms with Crippen LogP contribution < -0.4 is 5.32 Å². The minimum Gasteiger partial charge on any atom is -0.352 e. The van der Waals surface area contributed by atoms with Gasteiger partial charge in [0.1, 0.15) is 0 Å². The monoisotopic (exact) mass is 268 g/mol. The average Bonchev–Trinajstić information content (AvgIpc) is 3.02. The SMILES string of the molecule is CC1CC1CNC(=O)c1ccc([N+](=O)[O-])cc1Cl. The van der Waals surface area contributed by atoms with Crippen molar-refractivity contribution in [1.82, 2.24) is 5.32 Å². The number of nitrogens with one attached hydrogen (secondary N) is 1. The Morgan fingerprint density at radius 1 is 1.61 bits per heavy atom. The Labute approximate surface area is 109 Å². The van der Waals surface area contributed by atoms with Crippen LogP contribution >= 0.6 is 11.6 Å². The van der Waals surface area contributed by atoms with Gasteiger partial charge in [0.15, 0.2) is 0 Å². The van der Waals surface area contributed by atoms with Crippen LogP contribution in [0.5, 0.6) is 0 Å². The highest BCUT2D eigenvalue weighted by atomic mass is 35.5. The molecule has 1 aromatic carbocycles. The van der Waals surface area contributed by atoms with E-state index < -0.39 is 4.92 Å². The predicted octanol–water partition coefficient (Wildman–Crippen LogP) is 2.63. The van der Waals surface area contributed by atoms with E-state index in [-0.39, 0.29) is 22.2 Å². The Balaban J connectivity index is 2.03. The largest absolute Gasteiger partial charge is 0.352 e. The zero-order chi connectivity index (χ0) is 13.3. The average molecular weight is 269 g/mol. The molecule has 1 aliphatic rings. The zero-order valence-corrected chi connectivity index (χ0v) is 10.6. The fourth-order valence-corrected chi connectivity index (χ4v) is 2.06. The maximum atomic E-state index is 11.8. The minimum absolute atomic E-state index is 0.102. The van der Waals surface area contributed by atoms with Crippen molar-refractivity contribution in [2.45, 2.75) is 13.3 Å². The maximum Gasteiger partial charge on any atom is 0.270 e. The van der Waals surface area contributed by atoms with E-state index in [9.17, 15) is 14.9 Å². The molecule has 0 radical (unpaired) electrons. The Bertz CT molecular complexity index is 504. The zero-order valence-electron chi connectivity index (χ0n) is 9.85. The Kier molecular flexibility index (Phi) is 3.52. The van der Waals surface area contributed by atoms with Crippen LogP contribution in [0.2, 0.25) is 5.02 Å². The summed E-state index contributed by atoms with van der Waals surface area (Å²) in [5.41, 5.74) is 0.155. The van der Waals surface area contributed by atoms with Crippen molar-refractivity contribution >= 4 is 23.2 Å². The summed E-state index contributed by atoms with van der Waals surface area (Å²) in [7, 11) is 0. The second-order valence-corrected chi connectivity index (χ2v) is 5.01. The predicted molar refractivity (Wildman–Crippen MR) is 67.7 cm³/mol. The van der Waals surface area contributed by atoms with Crippen LogP contribution in [0.15, 0.2) is 18.2 Å². The van der Waals surface area contributed by atoms with Gasteiger partial charge in [0.05, 0.1) is 15.5 Å². The number of nitro groups is 1. The van der Waals surface area contributed by atoms with Gasteiger partial charge in [-0.3, -0.25) is 14.9 Å². The lowest BCUT2D eigenvalue weighted by atomic mass is 10.2. The summed E-state index contributed by atoms with van der Waals surface area (Å²) in [4.78, 5) is 21.8. The third-order valence-corrected chi connectivity index (χ3v) is 3.52. The molecule has 0 aromatic heterocycles. The van der Waals surface area contributed by atoms with Crippen LogP contribution in [0.3, 0.4) is 0 Å². The number of hydrogen-bond donors (Lipinski definition) is 1. The van der Waals surface area contributed by atoms with E-state index in [1.54, 1.807) is 0 Å². The lowest BCUT2D eigenvalue weighted by Gasteiger charge is -2.06. The molecule has 2 unspecified atom stereocenters. The molecule has 18 heavy (non-hydrogen) atoms. The number of amides is 1. The number of hydrogen-bond acceptors (Lipinski definition) is 3. The summed E-state index contributed by atoms with van der Waals surface area (Å²) in [5.74, 6) is 0.928. The molecule has 1 aromatic rings. The highest BCUT2D eigenvalue weighted by Gasteiger charge is 2.32. The van der Waals surface area contributed by atoms with Gasteiger partial charge in [0, 0.05) is 18.7 Å². The van der Waals surface area contributed by atoms with Crippen LogP contribution in [-0.2, 0) is 0 Å². The molecule has 0 spiro atoms. The first-order valence-corrected chi connectivity index (χ1v) is 6.09. The minimum atomic E-state index is -0.542. The number of carbonyl (C=O) groups is 1. The number of nitrogens with zero attached hydrogens (tertiary/aromatic N) is 1. The van der Waals surface area contributed by atoms with E-state index in [4.69, 9.17) is 11.6 Å². The van der Waals surface area contributed by atoms with Crippen LogP contribution in [0.1, 0.15) is 23.7 Å². The first kappa shape index (κ1) is 12.8. The lowest BCUT2D eigenvalue weighted by molar-refractivity contribution is -0.384. The molecule has 0 saturated heterocycles. The molecule has 1 N–H and O–H groups in total. The van der Waals surface area contributed by atoms with E-state index in [1.807, 2.05) is 0 Å². The molecule has 96 valence electrons. The molecule has 6 heteroatoms. The Morgan fingerprint density at radius 3 is 2.78 bits per heavy atom. The van der Waals surface area contributed by atoms with E-state index in [0.717, 1.165) is 6.42 Å². The molecule has 1 saturated carbocycles. The molecule has 1 fully saturated rings. The summed E-state index contributed by atoms with van der Waals surface area (Å²) >= 11 is 5.86. The normalized spacial score (nSPS) is 21.4. The van der Waals surface area contributed by atoms with Gasteiger partial charge in [-0.25, -0.2) is 0 Å². The topological polar surface area (TPSA) is 72.2 Å². The second kappa shape index (κ2) is 4.94. The van der Waals surface area contributed by atoms with Gasteiger partial charge >= 0.3 is 0 Å². The number of carbonyl (C=O) groups excluding carboxylic acids is 1. The van der Waals surface area contributed by atoms with Gasteiger partial charge in [-0.05, 0) is 24.3 Å². The van der Waals surface area contributed by atoms with E-state index >= 15 is 0 Å². The number of rotatable bonds is 4. The summed E-state index contributed by atoms with van der Waals surface area (Å²) in [6, 6.07) is 3.85.